The van der Waals surface area contributed by atoms with Crippen LogP contribution in [0.15, 0.2) is 82.6 Å². The molecule has 176 valence electrons. The molecule has 1 aliphatic heterocycles. The van der Waals surface area contributed by atoms with Crippen molar-refractivity contribution in [3.8, 4) is 11.5 Å². The van der Waals surface area contributed by atoms with Crippen molar-refractivity contribution in [2.24, 2.45) is 0 Å². The maximum Gasteiger partial charge on any atom is 0.347 e. The van der Waals surface area contributed by atoms with Gasteiger partial charge in [-0.15, -0.1) is 0 Å². The van der Waals surface area contributed by atoms with E-state index in [9.17, 15) is 9.90 Å². The summed E-state index contributed by atoms with van der Waals surface area (Å²) in [6.07, 6.45) is 2.07. The fourth-order valence-electron chi connectivity index (χ4n) is 3.74. The molecule has 1 heterocycles. The van der Waals surface area contributed by atoms with E-state index in [4.69, 9.17) is 9.47 Å². The number of nitrogens with zero attached hydrogens (tertiary/aromatic N) is 1. The number of carboxylic acids is 1. The fourth-order valence-corrected chi connectivity index (χ4v) is 4.81. The van der Waals surface area contributed by atoms with Crippen LogP contribution in [-0.2, 0) is 4.79 Å². The zero-order valence-corrected chi connectivity index (χ0v) is 20.7. The highest BCUT2D eigenvalue weighted by Gasteiger charge is 2.29. The summed E-state index contributed by atoms with van der Waals surface area (Å²) in [7, 11) is 0. The first-order valence-corrected chi connectivity index (χ1v) is 12.1. The number of carbonyl (C=O) groups is 1. The Morgan fingerprint density at radius 2 is 1.68 bits per heavy atom. The van der Waals surface area contributed by atoms with Crippen LogP contribution in [0.5, 0.6) is 11.5 Å². The monoisotopic (exact) mass is 475 g/mol. The van der Waals surface area contributed by atoms with Gasteiger partial charge in [0.2, 0.25) is 0 Å². The average molecular weight is 476 g/mol. The number of para-hydroxylation sites is 1. The summed E-state index contributed by atoms with van der Waals surface area (Å²) in [5.41, 5.74) is 3.51. The largest absolute Gasteiger partial charge is 0.490 e. The molecule has 0 saturated carbocycles. The quantitative estimate of drug-likeness (QED) is 0.377. The van der Waals surface area contributed by atoms with Gasteiger partial charge in [-0.3, -0.25) is 0 Å². The van der Waals surface area contributed by atoms with Crippen LogP contribution in [0.4, 0.5) is 11.4 Å². The van der Waals surface area contributed by atoms with Gasteiger partial charge in [0.25, 0.3) is 0 Å². The van der Waals surface area contributed by atoms with Crippen LogP contribution in [0.25, 0.3) is 5.57 Å². The lowest BCUT2D eigenvalue weighted by molar-refractivity contribution is -0.152. The Kier molecular flexibility index (Phi) is 6.89. The number of fused-ring (bicyclic) bond motifs is 2. The first kappa shape index (κ1) is 23.8. The number of carboxylic acid groups (broad SMARTS) is 1. The van der Waals surface area contributed by atoms with Crippen LogP contribution in [0.3, 0.4) is 0 Å². The third kappa shape index (κ3) is 5.07. The molecule has 0 unspecified atom stereocenters. The number of hydrogen-bond acceptors (Lipinski definition) is 5. The smallest absolute Gasteiger partial charge is 0.347 e. The third-order valence-corrected chi connectivity index (χ3v) is 6.88. The highest BCUT2D eigenvalue weighted by atomic mass is 32.2. The van der Waals surface area contributed by atoms with E-state index in [0.29, 0.717) is 18.1 Å². The van der Waals surface area contributed by atoms with E-state index in [0.717, 1.165) is 12.1 Å². The molecule has 34 heavy (non-hydrogen) atoms. The van der Waals surface area contributed by atoms with E-state index < -0.39 is 11.6 Å². The maximum atomic E-state index is 11.2. The lowest BCUT2D eigenvalue weighted by Gasteiger charge is -2.32. The van der Waals surface area contributed by atoms with Crippen LogP contribution in [0, 0.1) is 0 Å². The SMILES string of the molecule is CCN1c2ccccc2Sc2ccc(/C(C)=C/COc3ccc(OC(C)(C)C(=O)O)cc3)cc21. The van der Waals surface area contributed by atoms with E-state index in [1.165, 1.54) is 40.6 Å². The Bertz CT molecular complexity index is 1220. The number of benzene rings is 3. The van der Waals surface area contributed by atoms with Gasteiger partial charge in [-0.25, -0.2) is 4.79 Å². The van der Waals surface area contributed by atoms with Gasteiger partial charge in [-0.2, -0.15) is 0 Å². The molecule has 1 N–H and O–H groups in total. The first-order valence-electron chi connectivity index (χ1n) is 11.3. The van der Waals surface area contributed by atoms with E-state index in [-0.39, 0.29) is 0 Å². The predicted octanol–water partition coefficient (Wildman–Crippen LogP) is 7.03. The van der Waals surface area contributed by atoms with Crippen LogP contribution in [0.1, 0.15) is 33.3 Å². The van der Waals surface area contributed by atoms with Crippen molar-refractivity contribution in [1.29, 1.82) is 0 Å². The van der Waals surface area contributed by atoms with E-state index in [2.05, 4.69) is 67.3 Å². The minimum Gasteiger partial charge on any atom is -0.490 e. The molecule has 3 aromatic rings. The molecule has 0 atom stereocenters. The lowest BCUT2D eigenvalue weighted by Crippen LogP contribution is -2.37. The van der Waals surface area contributed by atoms with Gasteiger partial charge in [0.05, 0.1) is 11.4 Å². The minimum atomic E-state index is -1.29. The molecule has 3 aromatic carbocycles. The van der Waals surface area contributed by atoms with Crippen LogP contribution >= 0.6 is 11.8 Å². The molecule has 1 aliphatic rings. The highest BCUT2D eigenvalue weighted by Crippen LogP contribution is 2.48. The second-order valence-corrected chi connectivity index (χ2v) is 9.67. The van der Waals surface area contributed by atoms with Crippen molar-refractivity contribution >= 4 is 34.7 Å². The summed E-state index contributed by atoms with van der Waals surface area (Å²) in [4.78, 5) is 16.1. The fraction of sp³-hybridized carbons (Fsp3) is 0.250. The molecule has 0 aliphatic carbocycles. The number of anilines is 2. The summed E-state index contributed by atoms with van der Waals surface area (Å²) >= 11 is 1.81. The van der Waals surface area contributed by atoms with Crippen molar-refractivity contribution in [3.05, 3.63) is 78.4 Å². The van der Waals surface area contributed by atoms with Gasteiger partial charge in [-0.05, 0) is 93.4 Å². The molecule has 0 saturated heterocycles. The van der Waals surface area contributed by atoms with E-state index >= 15 is 0 Å². The van der Waals surface area contributed by atoms with Gasteiger partial charge < -0.3 is 19.5 Å². The minimum absolute atomic E-state index is 0.429. The summed E-state index contributed by atoms with van der Waals surface area (Å²) in [6.45, 7) is 8.65. The van der Waals surface area contributed by atoms with Gasteiger partial charge in [0, 0.05) is 16.3 Å². The lowest BCUT2D eigenvalue weighted by atomic mass is 10.1. The summed E-state index contributed by atoms with van der Waals surface area (Å²) in [6, 6.07) is 22.1. The van der Waals surface area contributed by atoms with Crippen LogP contribution in [0.2, 0.25) is 0 Å². The molecule has 0 aromatic heterocycles. The van der Waals surface area contributed by atoms with Crippen LogP contribution in [-0.4, -0.2) is 29.8 Å². The van der Waals surface area contributed by atoms with Crippen molar-refractivity contribution in [2.45, 2.75) is 43.1 Å². The summed E-state index contributed by atoms with van der Waals surface area (Å²) < 4.78 is 11.4. The molecule has 0 radical (unpaired) electrons. The molecule has 0 fully saturated rings. The zero-order valence-electron chi connectivity index (χ0n) is 19.9. The number of rotatable bonds is 8. The average Bonchev–Trinajstić information content (AvgIpc) is 2.83. The normalized spacial score (nSPS) is 13.2. The molecular weight excluding hydrogens is 446 g/mol. The van der Waals surface area contributed by atoms with E-state index in [1.807, 2.05) is 11.8 Å². The molecule has 5 nitrogen and oxygen atoms in total. The van der Waals surface area contributed by atoms with Crippen LogP contribution < -0.4 is 14.4 Å². The second-order valence-electron chi connectivity index (χ2n) is 8.58. The van der Waals surface area contributed by atoms with Crippen molar-refractivity contribution in [1.82, 2.24) is 0 Å². The molecule has 6 heteroatoms. The second kappa shape index (κ2) is 9.85. The standard InChI is InChI=1S/C28H29NO4S/c1-5-29-23-8-6-7-9-25(23)34-26-15-10-20(18-24(26)29)19(2)16-17-32-21-11-13-22(14-12-21)33-28(3,4)27(30)31/h6-16,18H,5,17H2,1-4H3,(H,30,31)/b19-16+. The van der Waals surface area contributed by atoms with Gasteiger partial charge >= 0.3 is 5.97 Å². The molecule has 0 bridgehead atoms. The highest BCUT2D eigenvalue weighted by molar-refractivity contribution is 7.99. The van der Waals surface area contributed by atoms with E-state index in [1.54, 1.807) is 24.3 Å². The van der Waals surface area contributed by atoms with Crippen molar-refractivity contribution in [3.63, 3.8) is 0 Å². The van der Waals surface area contributed by atoms with Crippen molar-refractivity contribution < 1.29 is 19.4 Å². The van der Waals surface area contributed by atoms with Gasteiger partial charge in [0.1, 0.15) is 18.1 Å². The number of allylic oxidation sites excluding steroid dienone is 1. The van der Waals surface area contributed by atoms with Gasteiger partial charge in [-0.1, -0.05) is 30.0 Å². The summed E-state index contributed by atoms with van der Waals surface area (Å²) in [5.74, 6) is 0.168. The molecule has 0 spiro atoms. The number of hydrogen-bond donors (Lipinski definition) is 1. The predicted molar refractivity (Wildman–Crippen MR) is 138 cm³/mol. The maximum absolute atomic E-state index is 11.2. The number of aliphatic carboxylic acids is 1. The Hall–Kier alpha value is -3.38. The first-order chi connectivity index (χ1) is 16.3. The summed E-state index contributed by atoms with van der Waals surface area (Å²) in [5, 5.41) is 9.20. The molecular formula is C28H29NO4S. The number of ether oxygens (including phenoxy) is 2. The Morgan fingerprint density at radius 3 is 2.38 bits per heavy atom. The third-order valence-electron chi connectivity index (χ3n) is 5.75. The van der Waals surface area contributed by atoms with Crippen molar-refractivity contribution in [2.75, 3.05) is 18.1 Å². The Labute approximate surface area is 205 Å². The Balaban J connectivity index is 1.42. The zero-order chi connectivity index (χ0) is 24.3. The topological polar surface area (TPSA) is 59.0 Å². The molecule has 0 amide bonds. The van der Waals surface area contributed by atoms with Gasteiger partial charge in [0.15, 0.2) is 5.60 Å². The Morgan fingerprint density at radius 1 is 1.00 bits per heavy atom. The molecule has 4 rings (SSSR count).